The monoisotopic (exact) mass is 443 g/mol. The molecular weight excluding hydrogens is 423 g/mol. The molecule has 2 bridgehead atoms. The van der Waals surface area contributed by atoms with Gasteiger partial charge in [-0.1, -0.05) is 18.2 Å². The van der Waals surface area contributed by atoms with Crippen LogP contribution in [-0.2, 0) is 13.1 Å². The van der Waals surface area contributed by atoms with E-state index in [1.165, 1.54) is 24.3 Å². The summed E-state index contributed by atoms with van der Waals surface area (Å²) in [6.07, 6.45) is -3.81. The first-order valence-electron chi connectivity index (χ1n) is 9.38. The maximum absolute atomic E-state index is 12.9. The van der Waals surface area contributed by atoms with Gasteiger partial charge in [-0.05, 0) is 37.1 Å². The summed E-state index contributed by atoms with van der Waals surface area (Å²) in [6, 6.07) is 8.85. The molecular formula is C20H21ClF3N3O3. The molecule has 1 aromatic heterocycles. The van der Waals surface area contributed by atoms with E-state index in [-0.39, 0.29) is 47.3 Å². The summed E-state index contributed by atoms with van der Waals surface area (Å²) < 4.78 is 43.3. The first-order chi connectivity index (χ1) is 13.8. The van der Waals surface area contributed by atoms with Gasteiger partial charge >= 0.3 is 6.36 Å². The van der Waals surface area contributed by atoms with Gasteiger partial charge in [0.25, 0.3) is 11.5 Å². The number of nitrogens with zero attached hydrogens (tertiary/aromatic N) is 1. The predicted octanol–water partition coefficient (Wildman–Crippen LogP) is 2.81. The maximum atomic E-state index is 12.9. The molecule has 6 nitrogen and oxygen atoms in total. The third kappa shape index (κ3) is 4.62. The average molecular weight is 444 g/mol. The highest BCUT2D eigenvalue weighted by Crippen LogP contribution is 2.31. The molecule has 0 saturated carbocycles. The predicted molar refractivity (Wildman–Crippen MR) is 106 cm³/mol. The molecule has 2 aliphatic rings. The Kier molecular flexibility index (Phi) is 6.42. The normalized spacial score (nSPS) is 20.0. The molecule has 2 atom stereocenters. The highest BCUT2D eigenvalue weighted by Gasteiger charge is 2.33. The van der Waals surface area contributed by atoms with Crippen LogP contribution >= 0.6 is 12.4 Å². The fourth-order valence-corrected chi connectivity index (χ4v) is 4.11. The van der Waals surface area contributed by atoms with Crippen LogP contribution in [-0.4, -0.2) is 29.9 Å². The Labute approximate surface area is 176 Å². The summed E-state index contributed by atoms with van der Waals surface area (Å²) >= 11 is 0. The Balaban J connectivity index is 0.00000256. The van der Waals surface area contributed by atoms with Crippen LogP contribution in [0.4, 0.5) is 13.2 Å². The van der Waals surface area contributed by atoms with Crippen molar-refractivity contribution in [1.82, 2.24) is 15.2 Å². The zero-order valence-electron chi connectivity index (χ0n) is 15.9. The third-order valence-electron chi connectivity index (χ3n) is 5.39. The van der Waals surface area contributed by atoms with Gasteiger partial charge in [0.15, 0.2) is 0 Å². The Morgan fingerprint density at radius 3 is 2.73 bits per heavy atom. The Morgan fingerprint density at radius 2 is 1.97 bits per heavy atom. The van der Waals surface area contributed by atoms with Crippen LogP contribution in [0.2, 0.25) is 0 Å². The molecule has 3 heterocycles. The van der Waals surface area contributed by atoms with Crippen molar-refractivity contribution in [2.24, 2.45) is 5.92 Å². The zero-order chi connectivity index (χ0) is 20.6. The minimum Gasteiger partial charge on any atom is -0.405 e. The molecule has 2 N–H and O–H groups in total. The van der Waals surface area contributed by atoms with Crippen LogP contribution in [0.3, 0.4) is 0 Å². The van der Waals surface area contributed by atoms with Gasteiger partial charge in [0.2, 0.25) is 0 Å². The van der Waals surface area contributed by atoms with Crippen molar-refractivity contribution in [2.75, 3.05) is 13.1 Å². The van der Waals surface area contributed by atoms with Gasteiger partial charge in [-0.15, -0.1) is 25.6 Å². The lowest BCUT2D eigenvalue weighted by Gasteiger charge is -2.37. The second-order valence-corrected chi connectivity index (χ2v) is 7.38. The minimum absolute atomic E-state index is 0. The van der Waals surface area contributed by atoms with Gasteiger partial charge < -0.3 is 19.9 Å². The molecule has 1 aromatic carbocycles. The average Bonchev–Trinajstić information content (AvgIpc) is 2.67. The second-order valence-electron chi connectivity index (χ2n) is 7.38. The maximum Gasteiger partial charge on any atom is 0.573 e. The molecule has 0 unspecified atom stereocenters. The van der Waals surface area contributed by atoms with Crippen molar-refractivity contribution in [3.8, 4) is 5.75 Å². The lowest BCUT2D eigenvalue weighted by Crippen LogP contribution is -2.46. The summed E-state index contributed by atoms with van der Waals surface area (Å²) in [7, 11) is 0. The molecule has 162 valence electrons. The molecule has 1 amide bonds. The molecule has 0 aliphatic carbocycles. The number of benzene rings is 1. The van der Waals surface area contributed by atoms with Crippen molar-refractivity contribution < 1.29 is 22.7 Å². The van der Waals surface area contributed by atoms with Gasteiger partial charge in [0.05, 0.1) is 0 Å². The number of carbonyl (C=O) groups excluding carboxylic acids is 1. The van der Waals surface area contributed by atoms with Crippen LogP contribution in [0, 0.1) is 5.92 Å². The number of aromatic nitrogens is 1. The molecule has 2 aliphatic heterocycles. The van der Waals surface area contributed by atoms with Crippen LogP contribution in [0.25, 0.3) is 0 Å². The number of amides is 1. The van der Waals surface area contributed by atoms with Gasteiger partial charge in [-0.25, -0.2) is 0 Å². The van der Waals surface area contributed by atoms with Gasteiger partial charge in [-0.2, -0.15) is 0 Å². The number of hydrogen-bond donors (Lipinski definition) is 2. The highest BCUT2D eigenvalue weighted by molar-refractivity contribution is 5.93. The third-order valence-corrected chi connectivity index (χ3v) is 5.39. The molecule has 1 saturated heterocycles. The minimum atomic E-state index is -4.83. The molecule has 10 heteroatoms. The molecule has 1 fully saturated rings. The number of carbonyl (C=O) groups is 1. The number of halogens is 4. The summed E-state index contributed by atoms with van der Waals surface area (Å²) in [6.45, 7) is 2.01. The lowest BCUT2D eigenvalue weighted by molar-refractivity contribution is -0.274. The fourth-order valence-electron chi connectivity index (χ4n) is 4.11. The van der Waals surface area contributed by atoms with Gasteiger partial charge in [-0.3, -0.25) is 9.59 Å². The summed E-state index contributed by atoms with van der Waals surface area (Å²) in [5, 5.41) is 5.89. The van der Waals surface area contributed by atoms with E-state index in [4.69, 9.17) is 0 Å². The number of pyridine rings is 1. The van der Waals surface area contributed by atoms with Gasteiger partial charge in [0, 0.05) is 36.8 Å². The second kappa shape index (κ2) is 8.69. The molecule has 30 heavy (non-hydrogen) atoms. The molecule has 0 radical (unpaired) electrons. The van der Waals surface area contributed by atoms with E-state index in [0.717, 1.165) is 25.2 Å². The quantitative estimate of drug-likeness (QED) is 0.762. The highest BCUT2D eigenvalue weighted by atomic mass is 35.5. The number of rotatable bonds is 4. The van der Waals surface area contributed by atoms with Crippen LogP contribution in [0.15, 0.2) is 41.2 Å². The SMILES string of the molecule is Cl.O=C(NCc1ccccc1OC(F)(F)F)c1ccc2n(c1=O)C[C@@H]1CNC[C@H]2C1. The number of ether oxygens (including phenoxy) is 1. The van der Waals surface area contributed by atoms with Crippen molar-refractivity contribution in [3.63, 3.8) is 0 Å². The van der Waals surface area contributed by atoms with E-state index in [1.54, 1.807) is 16.7 Å². The summed E-state index contributed by atoms with van der Waals surface area (Å²) in [5.41, 5.74) is 0.697. The Hall–Kier alpha value is -2.52. The van der Waals surface area contributed by atoms with E-state index >= 15 is 0 Å². The number of para-hydroxylation sites is 1. The zero-order valence-corrected chi connectivity index (χ0v) is 16.7. The fraction of sp³-hybridized carbons (Fsp3) is 0.400. The number of alkyl halides is 3. The standard InChI is InChI=1S/C20H20F3N3O3.ClH/c21-20(22,23)29-17-4-2-1-3-13(17)10-25-18(27)15-5-6-16-14-7-12(8-24-9-14)11-26(16)19(15)28;/h1-6,12,14,24H,7-11H2,(H,25,27);1H/t12-,14+;/m0./s1. The van der Waals surface area contributed by atoms with E-state index in [2.05, 4.69) is 15.4 Å². The van der Waals surface area contributed by atoms with Crippen molar-refractivity contribution in [1.29, 1.82) is 0 Å². The molecule has 4 rings (SSSR count). The molecule has 0 spiro atoms. The van der Waals surface area contributed by atoms with Gasteiger partial charge in [0.1, 0.15) is 11.3 Å². The van der Waals surface area contributed by atoms with Crippen molar-refractivity contribution in [3.05, 3.63) is 63.6 Å². The van der Waals surface area contributed by atoms with Crippen LogP contribution in [0.5, 0.6) is 5.75 Å². The van der Waals surface area contributed by atoms with E-state index in [0.29, 0.717) is 12.5 Å². The first kappa shape index (κ1) is 22.2. The summed E-state index contributed by atoms with van der Waals surface area (Å²) in [5.74, 6) is -0.411. The number of piperidine rings is 1. The van der Waals surface area contributed by atoms with Crippen LogP contribution in [0.1, 0.15) is 34.0 Å². The van der Waals surface area contributed by atoms with E-state index < -0.39 is 12.3 Å². The smallest absolute Gasteiger partial charge is 0.405 e. The summed E-state index contributed by atoms with van der Waals surface area (Å²) in [4.78, 5) is 25.4. The Bertz CT molecular complexity index is 993. The number of fused-ring (bicyclic) bond motifs is 4. The topological polar surface area (TPSA) is 72.4 Å². The van der Waals surface area contributed by atoms with Crippen LogP contribution < -0.4 is 20.9 Å². The van der Waals surface area contributed by atoms with Crippen molar-refractivity contribution in [2.45, 2.75) is 31.8 Å². The number of nitrogens with one attached hydrogen (secondary N) is 2. The Morgan fingerprint density at radius 1 is 1.20 bits per heavy atom. The first-order valence-corrected chi connectivity index (χ1v) is 9.38. The lowest BCUT2D eigenvalue weighted by atomic mass is 9.84. The van der Waals surface area contributed by atoms with Crippen molar-refractivity contribution >= 4 is 18.3 Å². The number of hydrogen-bond acceptors (Lipinski definition) is 4. The van der Waals surface area contributed by atoms with E-state index in [9.17, 15) is 22.8 Å². The molecule has 2 aromatic rings. The largest absolute Gasteiger partial charge is 0.573 e. The van der Waals surface area contributed by atoms with E-state index in [1.807, 2.05) is 0 Å².